The lowest BCUT2D eigenvalue weighted by Gasteiger charge is -2.19. The van der Waals surface area contributed by atoms with Crippen molar-refractivity contribution < 1.29 is 13.3 Å². The minimum absolute atomic E-state index is 0.00201. The number of nitro benzene ring substituents is 1. The van der Waals surface area contributed by atoms with Gasteiger partial charge < -0.3 is 5.32 Å². The van der Waals surface area contributed by atoms with Crippen LogP contribution in [-0.4, -0.2) is 31.4 Å². The third kappa shape index (κ3) is 4.96. The van der Waals surface area contributed by atoms with Gasteiger partial charge in [0.2, 0.25) is 0 Å². The van der Waals surface area contributed by atoms with Gasteiger partial charge in [-0.25, -0.2) is 8.42 Å². The Morgan fingerprint density at radius 1 is 1.32 bits per heavy atom. The van der Waals surface area contributed by atoms with E-state index in [2.05, 4.69) is 5.32 Å². The summed E-state index contributed by atoms with van der Waals surface area (Å²) in [6, 6.07) is 5.87. The number of para-hydroxylation sites is 1. The molecular weight excluding hydrogens is 268 g/mol. The highest BCUT2D eigenvalue weighted by Crippen LogP contribution is 2.24. The zero-order valence-corrected chi connectivity index (χ0v) is 12.0. The first-order chi connectivity index (χ1) is 8.70. The van der Waals surface area contributed by atoms with E-state index in [0.29, 0.717) is 5.56 Å². The second-order valence-electron chi connectivity index (χ2n) is 4.70. The number of sulfone groups is 1. The first kappa shape index (κ1) is 15.6. The van der Waals surface area contributed by atoms with Gasteiger partial charge in [-0.3, -0.25) is 10.1 Å². The predicted octanol–water partition coefficient (Wildman–Crippen LogP) is 1.68. The van der Waals surface area contributed by atoms with Crippen LogP contribution < -0.4 is 5.32 Å². The maximum Gasteiger partial charge on any atom is 0.274 e. The van der Waals surface area contributed by atoms with Crippen molar-refractivity contribution in [3.05, 3.63) is 39.9 Å². The Kier molecular flexibility index (Phi) is 5.02. The Morgan fingerprint density at radius 3 is 2.42 bits per heavy atom. The minimum atomic E-state index is -3.07. The van der Waals surface area contributed by atoms with Crippen LogP contribution in [0.15, 0.2) is 24.3 Å². The van der Waals surface area contributed by atoms with Crippen molar-refractivity contribution in [3.8, 4) is 0 Å². The van der Waals surface area contributed by atoms with Crippen LogP contribution >= 0.6 is 0 Å². The summed E-state index contributed by atoms with van der Waals surface area (Å²) in [7, 11) is -3.07. The van der Waals surface area contributed by atoms with Gasteiger partial charge in [-0.1, -0.05) is 18.2 Å². The van der Waals surface area contributed by atoms with Crippen molar-refractivity contribution >= 4 is 15.5 Å². The van der Waals surface area contributed by atoms with Crippen LogP contribution in [0.2, 0.25) is 0 Å². The number of nitrogens with one attached hydrogen (secondary N) is 1. The molecule has 0 bridgehead atoms. The summed E-state index contributed by atoms with van der Waals surface area (Å²) in [5.74, 6) is -0.00201. The summed E-state index contributed by atoms with van der Waals surface area (Å²) in [4.78, 5) is 10.5. The average Bonchev–Trinajstić information content (AvgIpc) is 2.26. The van der Waals surface area contributed by atoms with Crippen molar-refractivity contribution in [2.24, 2.45) is 0 Å². The Hall–Kier alpha value is -1.47. The predicted molar refractivity (Wildman–Crippen MR) is 73.8 cm³/mol. The summed E-state index contributed by atoms with van der Waals surface area (Å²) in [6.45, 7) is 3.52. The molecule has 19 heavy (non-hydrogen) atoms. The van der Waals surface area contributed by atoms with E-state index in [4.69, 9.17) is 0 Å². The maximum atomic E-state index is 11.2. The molecule has 1 rings (SSSR count). The Bertz CT molecular complexity index is 557. The number of rotatable bonds is 6. The van der Waals surface area contributed by atoms with E-state index >= 15 is 0 Å². The second-order valence-corrected chi connectivity index (χ2v) is 6.88. The molecular formula is C12H18N2O4S. The molecule has 0 amide bonds. The number of benzene rings is 1. The largest absolute Gasteiger partial charge is 0.306 e. The van der Waals surface area contributed by atoms with Gasteiger partial charge in [-0.15, -0.1) is 0 Å². The standard InChI is InChI=1S/C12H18N2O4S/c1-9(8-19(3,17)18)13-10(2)11-6-4-5-7-12(11)14(15)16/h4-7,9-10,13H,8H2,1-3H3. The third-order valence-electron chi connectivity index (χ3n) is 2.69. The lowest BCUT2D eigenvalue weighted by molar-refractivity contribution is -0.385. The summed E-state index contributed by atoms with van der Waals surface area (Å²) in [5.41, 5.74) is 0.585. The molecule has 0 saturated heterocycles. The van der Waals surface area contributed by atoms with E-state index < -0.39 is 14.8 Å². The molecule has 0 saturated carbocycles. The zero-order chi connectivity index (χ0) is 14.6. The van der Waals surface area contributed by atoms with Crippen molar-refractivity contribution in [1.29, 1.82) is 0 Å². The van der Waals surface area contributed by atoms with E-state index in [-0.39, 0.29) is 23.5 Å². The second kappa shape index (κ2) is 6.12. The number of nitro groups is 1. The molecule has 0 radical (unpaired) electrons. The number of hydrogen-bond acceptors (Lipinski definition) is 5. The molecule has 6 nitrogen and oxygen atoms in total. The van der Waals surface area contributed by atoms with E-state index in [1.54, 1.807) is 32.0 Å². The van der Waals surface area contributed by atoms with Gasteiger partial charge in [0.05, 0.1) is 10.7 Å². The molecule has 0 aliphatic heterocycles. The quantitative estimate of drug-likeness (QED) is 0.634. The fourth-order valence-corrected chi connectivity index (χ4v) is 3.04. The highest BCUT2D eigenvalue weighted by Gasteiger charge is 2.20. The number of nitrogens with zero attached hydrogens (tertiary/aromatic N) is 1. The average molecular weight is 286 g/mol. The normalized spacial score (nSPS) is 14.9. The first-order valence-corrected chi connectivity index (χ1v) is 7.94. The Morgan fingerprint density at radius 2 is 1.89 bits per heavy atom. The molecule has 0 fully saturated rings. The van der Waals surface area contributed by atoms with E-state index in [1.165, 1.54) is 12.3 Å². The molecule has 0 aliphatic carbocycles. The van der Waals surface area contributed by atoms with Crippen LogP contribution in [0.25, 0.3) is 0 Å². The van der Waals surface area contributed by atoms with Crippen LogP contribution in [0.3, 0.4) is 0 Å². The Labute approximate surface area is 112 Å². The summed E-state index contributed by atoms with van der Waals surface area (Å²) < 4.78 is 22.4. The van der Waals surface area contributed by atoms with Gasteiger partial charge >= 0.3 is 0 Å². The summed E-state index contributed by atoms with van der Waals surface area (Å²) in [5, 5.41) is 14.0. The molecule has 7 heteroatoms. The topological polar surface area (TPSA) is 89.3 Å². The molecule has 0 heterocycles. The highest BCUT2D eigenvalue weighted by molar-refractivity contribution is 7.90. The van der Waals surface area contributed by atoms with Crippen LogP contribution in [0, 0.1) is 10.1 Å². The number of hydrogen-bond donors (Lipinski definition) is 1. The fraction of sp³-hybridized carbons (Fsp3) is 0.500. The molecule has 106 valence electrons. The monoisotopic (exact) mass is 286 g/mol. The third-order valence-corrected chi connectivity index (χ3v) is 3.79. The molecule has 0 aliphatic rings. The SMILES string of the molecule is CC(CS(C)(=O)=O)NC(C)c1ccccc1[N+](=O)[O-]. The van der Waals surface area contributed by atoms with Gasteiger partial charge in [0, 0.05) is 30.0 Å². The summed E-state index contributed by atoms with van der Waals surface area (Å²) >= 11 is 0. The zero-order valence-electron chi connectivity index (χ0n) is 11.2. The molecule has 1 aromatic rings. The van der Waals surface area contributed by atoms with Gasteiger partial charge in [0.15, 0.2) is 0 Å². The summed E-state index contributed by atoms with van der Waals surface area (Å²) in [6.07, 6.45) is 1.17. The van der Waals surface area contributed by atoms with Gasteiger partial charge in [-0.2, -0.15) is 0 Å². The molecule has 2 atom stereocenters. The van der Waals surface area contributed by atoms with Crippen LogP contribution in [0.5, 0.6) is 0 Å². The fourth-order valence-electron chi connectivity index (χ4n) is 2.04. The minimum Gasteiger partial charge on any atom is -0.306 e. The lowest BCUT2D eigenvalue weighted by Crippen LogP contribution is -2.34. The van der Waals surface area contributed by atoms with E-state index in [9.17, 15) is 18.5 Å². The van der Waals surface area contributed by atoms with Crippen LogP contribution in [0.1, 0.15) is 25.5 Å². The first-order valence-electron chi connectivity index (χ1n) is 5.88. The molecule has 1 N–H and O–H groups in total. The lowest BCUT2D eigenvalue weighted by atomic mass is 10.1. The highest BCUT2D eigenvalue weighted by atomic mass is 32.2. The van der Waals surface area contributed by atoms with Gasteiger partial charge in [0.1, 0.15) is 9.84 Å². The van der Waals surface area contributed by atoms with Crippen molar-refractivity contribution in [2.45, 2.75) is 25.9 Å². The molecule has 0 spiro atoms. The Balaban J connectivity index is 2.84. The maximum absolute atomic E-state index is 11.2. The smallest absolute Gasteiger partial charge is 0.274 e. The van der Waals surface area contributed by atoms with Gasteiger partial charge in [-0.05, 0) is 13.8 Å². The van der Waals surface area contributed by atoms with E-state index in [1.807, 2.05) is 0 Å². The van der Waals surface area contributed by atoms with Crippen LogP contribution in [0.4, 0.5) is 5.69 Å². The van der Waals surface area contributed by atoms with Crippen LogP contribution in [-0.2, 0) is 9.84 Å². The van der Waals surface area contributed by atoms with Crippen molar-refractivity contribution in [1.82, 2.24) is 5.32 Å². The molecule has 0 aromatic heterocycles. The van der Waals surface area contributed by atoms with Crippen molar-refractivity contribution in [2.75, 3.05) is 12.0 Å². The van der Waals surface area contributed by atoms with Crippen molar-refractivity contribution in [3.63, 3.8) is 0 Å². The van der Waals surface area contributed by atoms with Gasteiger partial charge in [0.25, 0.3) is 5.69 Å². The molecule has 1 aromatic carbocycles. The van der Waals surface area contributed by atoms with E-state index in [0.717, 1.165) is 0 Å². The molecule has 2 unspecified atom stereocenters.